The molecule has 3 aromatic rings. The summed E-state index contributed by atoms with van der Waals surface area (Å²) in [6.07, 6.45) is -8.29. The standard InChI is InChI=1S/C34H32Cl2F4N2O6S/c35-23-12-10-21(11-13-23)29-30(22-4-3-5-24(36)16-22)48-32(17-28(43)44,19-34(38,39)40)31(45)42(29)27(20-8-9-20)18-41-49(46,47)33(14-15-33)25-6-1-2-7-26(25)37/h1-7,10-13,16,20,27,29-30,41H,8-9,14-15,17-19H2,(H,43,44)/t27-,29-,30-,32+/m1/s1. The normalized spacial score (nSPS) is 24.4. The van der Waals surface area contributed by atoms with E-state index in [1.54, 1.807) is 30.3 Å². The predicted octanol–water partition coefficient (Wildman–Crippen LogP) is 7.33. The van der Waals surface area contributed by atoms with Crippen LogP contribution in [0.2, 0.25) is 10.0 Å². The van der Waals surface area contributed by atoms with Crippen molar-refractivity contribution in [2.45, 2.75) is 73.2 Å². The van der Waals surface area contributed by atoms with Gasteiger partial charge in [-0.15, -0.1) is 0 Å². The van der Waals surface area contributed by atoms with Crippen molar-refractivity contribution in [3.8, 4) is 0 Å². The van der Waals surface area contributed by atoms with Crippen LogP contribution in [0.3, 0.4) is 0 Å². The molecule has 49 heavy (non-hydrogen) atoms. The minimum absolute atomic E-state index is 0.00126. The number of ether oxygens (including phenoxy) is 1. The number of amides is 1. The van der Waals surface area contributed by atoms with Crippen LogP contribution in [0.4, 0.5) is 17.6 Å². The van der Waals surface area contributed by atoms with Crippen LogP contribution in [0.15, 0.2) is 72.8 Å². The highest BCUT2D eigenvalue weighted by molar-refractivity contribution is 7.90. The molecule has 3 fully saturated rings. The Labute approximate surface area is 290 Å². The van der Waals surface area contributed by atoms with Gasteiger partial charge in [-0.2, -0.15) is 13.2 Å². The summed E-state index contributed by atoms with van der Waals surface area (Å²) in [6.45, 7) is -0.420. The van der Waals surface area contributed by atoms with Crippen LogP contribution in [0.25, 0.3) is 0 Å². The molecule has 2 N–H and O–H groups in total. The maximum absolute atomic E-state index is 14.8. The molecule has 1 saturated heterocycles. The third-order valence-electron chi connectivity index (χ3n) is 9.46. The number of nitrogens with zero attached hydrogens (tertiary/aromatic N) is 1. The van der Waals surface area contributed by atoms with Crippen molar-refractivity contribution in [3.63, 3.8) is 0 Å². The van der Waals surface area contributed by atoms with Gasteiger partial charge in [0.25, 0.3) is 5.91 Å². The number of carboxylic acid groups (broad SMARTS) is 1. The van der Waals surface area contributed by atoms with Crippen LogP contribution in [-0.4, -0.2) is 54.7 Å². The van der Waals surface area contributed by atoms with Crippen LogP contribution in [0, 0.1) is 11.7 Å². The number of benzene rings is 3. The van der Waals surface area contributed by atoms with E-state index in [1.165, 1.54) is 47.4 Å². The molecule has 1 heterocycles. The molecular formula is C34H32Cl2F4N2O6S. The molecule has 2 aliphatic carbocycles. The van der Waals surface area contributed by atoms with Crippen LogP contribution < -0.4 is 4.72 Å². The highest BCUT2D eigenvalue weighted by Gasteiger charge is 2.62. The summed E-state index contributed by atoms with van der Waals surface area (Å²) in [7, 11) is -4.29. The van der Waals surface area contributed by atoms with E-state index in [0.717, 1.165) is 0 Å². The number of carbonyl (C=O) groups is 2. The van der Waals surface area contributed by atoms with E-state index in [2.05, 4.69) is 4.72 Å². The van der Waals surface area contributed by atoms with Gasteiger partial charge in [0.05, 0.1) is 18.9 Å². The van der Waals surface area contributed by atoms with Crippen LogP contribution in [-0.2, 0) is 29.1 Å². The molecule has 1 amide bonds. The highest BCUT2D eigenvalue weighted by atomic mass is 35.5. The summed E-state index contributed by atoms with van der Waals surface area (Å²) in [5, 5.41) is 10.4. The largest absolute Gasteiger partial charge is 0.481 e. The maximum atomic E-state index is 14.8. The van der Waals surface area contributed by atoms with E-state index in [-0.39, 0.29) is 34.9 Å². The Balaban J connectivity index is 1.48. The summed E-state index contributed by atoms with van der Waals surface area (Å²) in [4.78, 5) is 28.0. The van der Waals surface area contributed by atoms with Gasteiger partial charge in [0.1, 0.15) is 16.7 Å². The Bertz CT molecular complexity index is 1850. The first-order chi connectivity index (χ1) is 23.1. The number of nitrogens with one attached hydrogen (secondary N) is 1. The molecule has 2 saturated carbocycles. The van der Waals surface area contributed by atoms with Gasteiger partial charge in [0.15, 0.2) is 5.60 Å². The molecule has 3 aromatic carbocycles. The smallest absolute Gasteiger partial charge is 0.392 e. The molecule has 3 aliphatic rings. The molecule has 0 aromatic heterocycles. The van der Waals surface area contributed by atoms with E-state index in [0.29, 0.717) is 23.4 Å². The first-order valence-electron chi connectivity index (χ1n) is 15.6. The number of aliphatic carboxylic acids is 1. The molecule has 4 atom stereocenters. The van der Waals surface area contributed by atoms with E-state index in [4.69, 9.17) is 27.9 Å². The maximum Gasteiger partial charge on any atom is 0.392 e. The average Bonchev–Trinajstić information content (AvgIpc) is 3.94. The predicted molar refractivity (Wildman–Crippen MR) is 173 cm³/mol. The lowest BCUT2D eigenvalue weighted by Gasteiger charge is -2.53. The molecule has 0 unspecified atom stereocenters. The summed E-state index contributed by atoms with van der Waals surface area (Å²) in [5.41, 5.74) is -2.24. The van der Waals surface area contributed by atoms with E-state index in [9.17, 15) is 40.7 Å². The number of rotatable bonds is 12. The van der Waals surface area contributed by atoms with E-state index >= 15 is 0 Å². The number of carbonyl (C=O) groups excluding carboxylic acids is 1. The Morgan fingerprint density at radius 3 is 2.24 bits per heavy atom. The molecule has 8 nitrogen and oxygen atoms in total. The van der Waals surface area contributed by atoms with Crippen molar-refractivity contribution in [1.82, 2.24) is 9.62 Å². The third kappa shape index (κ3) is 7.18. The summed E-state index contributed by atoms with van der Waals surface area (Å²) < 4.78 is 92.7. The fourth-order valence-corrected chi connectivity index (χ4v) is 9.04. The number of sulfonamides is 1. The van der Waals surface area contributed by atoms with Gasteiger partial charge in [-0.25, -0.2) is 17.5 Å². The van der Waals surface area contributed by atoms with E-state index in [1.807, 2.05) is 0 Å². The lowest BCUT2D eigenvalue weighted by atomic mass is 9.83. The topological polar surface area (TPSA) is 113 Å². The number of hydrogen-bond donors (Lipinski definition) is 2. The van der Waals surface area contributed by atoms with Gasteiger partial charge in [-0.1, -0.05) is 65.7 Å². The summed E-state index contributed by atoms with van der Waals surface area (Å²) in [6, 6.07) is 15.7. The fraction of sp³-hybridized carbons (Fsp3) is 0.412. The van der Waals surface area contributed by atoms with E-state index < -0.39 is 81.8 Å². The second kappa shape index (κ2) is 13.1. The Kier molecular flexibility index (Phi) is 9.55. The highest BCUT2D eigenvalue weighted by Crippen LogP contribution is 2.55. The van der Waals surface area contributed by atoms with Crippen molar-refractivity contribution in [1.29, 1.82) is 0 Å². The Morgan fingerprint density at radius 2 is 1.67 bits per heavy atom. The van der Waals surface area contributed by atoms with Crippen molar-refractivity contribution < 1.29 is 45.4 Å². The van der Waals surface area contributed by atoms with Gasteiger partial charge in [0.2, 0.25) is 10.0 Å². The molecule has 0 bridgehead atoms. The Hall–Kier alpha value is -3.23. The van der Waals surface area contributed by atoms with Gasteiger partial charge >= 0.3 is 12.1 Å². The minimum Gasteiger partial charge on any atom is -0.481 e. The number of morpholine rings is 1. The van der Waals surface area contributed by atoms with Gasteiger partial charge in [-0.05, 0) is 73.1 Å². The van der Waals surface area contributed by atoms with Gasteiger partial charge in [-0.3, -0.25) is 9.59 Å². The minimum atomic E-state index is -5.03. The number of carboxylic acids is 1. The second-order valence-electron chi connectivity index (χ2n) is 12.9. The lowest BCUT2D eigenvalue weighted by Crippen LogP contribution is -2.64. The second-order valence-corrected chi connectivity index (χ2v) is 15.8. The van der Waals surface area contributed by atoms with Crippen molar-refractivity contribution in [2.24, 2.45) is 5.92 Å². The molecule has 15 heteroatoms. The monoisotopic (exact) mass is 742 g/mol. The number of halogens is 6. The number of hydrogen-bond acceptors (Lipinski definition) is 5. The zero-order valence-corrected chi connectivity index (χ0v) is 28.1. The summed E-state index contributed by atoms with van der Waals surface area (Å²) in [5.74, 6) is -3.98. The van der Waals surface area contributed by atoms with Gasteiger partial charge < -0.3 is 14.7 Å². The van der Waals surface area contributed by atoms with Crippen LogP contribution >= 0.6 is 23.2 Å². The first kappa shape index (κ1) is 35.6. The summed E-state index contributed by atoms with van der Waals surface area (Å²) >= 11 is 12.5. The van der Waals surface area contributed by atoms with Crippen molar-refractivity contribution in [2.75, 3.05) is 6.54 Å². The molecule has 262 valence electrons. The zero-order valence-electron chi connectivity index (χ0n) is 25.8. The van der Waals surface area contributed by atoms with Crippen molar-refractivity contribution >= 4 is 45.1 Å². The molecule has 0 spiro atoms. The first-order valence-corrected chi connectivity index (χ1v) is 17.8. The van der Waals surface area contributed by atoms with Crippen LogP contribution in [0.1, 0.15) is 67.4 Å². The van der Waals surface area contributed by atoms with Crippen molar-refractivity contribution in [3.05, 3.63) is 105 Å². The lowest BCUT2D eigenvalue weighted by molar-refractivity contribution is -0.242. The Morgan fingerprint density at radius 1 is 1.00 bits per heavy atom. The SMILES string of the molecule is O=C(O)C[C@@]1(CC(F)(F)F)O[C@H](c2cccc(Cl)c2)[C@@H](c2ccc(Cl)cc2)N([C@H](CNS(=O)(=O)C2(c3ccccc3F)CC2)C2CC2)C1=O. The average molecular weight is 744 g/mol. The quantitative estimate of drug-likeness (QED) is 0.188. The molecule has 6 rings (SSSR count). The molecular weight excluding hydrogens is 711 g/mol. The third-order valence-corrected chi connectivity index (χ3v) is 12.2. The van der Waals surface area contributed by atoms with Crippen LogP contribution in [0.5, 0.6) is 0 Å². The molecule has 0 radical (unpaired) electrons. The fourth-order valence-electron chi connectivity index (χ4n) is 6.95. The van der Waals surface area contributed by atoms with Gasteiger partial charge in [0, 0.05) is 28.2 Å². The molecule has 1 aliphatic heterocycles. The zero-order chi connectivity index (χ0) is 35.4. The number of alkyl halides is 3.